The lowest BCUT2D eigenvalue weighted by atomic mass is 9.64. The van der Waals surface area contributed by atoms with Crippen LogP contribution in [-0.4, -0.2) is 64.5 Å². The van der Waals surface area contributed by atoms with Crippen molar-refractivity contribution in [1.29, 1.82) is 0 Å². The van der Waals surface area contributed by atoms with E-state index in [0.29, 0.717) is 32.7 Å². The predicted molar refractivity (Wildman–Crippen MR) is 161 cm³/mol. The summed E-state index contributed by atoms with van der Waals surface area (Å²) in [5.74, 6) is -1.59. The Bertz CT molecular complexity index is 1430. The molecule has 1 aliphatic heterocycles. The molecular formula is C33H42N3O5S+. The summed E-state index contributed by atoms with van der Waals surface area (Å²) in [6.07, 6.45) is 2.23. The third-order valence-corrected chi connectivity index (χ3v) is 10.7. The number of benzene rings is 3. The Hall–Kier alpha value is -3.08. The van der Waals surface area contributed by atoms with Gasteiger partial charge < -0.3 is 10.5 Å². The van der Waals surface area contributed by atoms with E-state index in [4.69, 9.17) is 14.7 Å². The van der Waals surface area contributed by atoms with E-state index in [1.807, 2.05) is 74.5 Å². The van der Waals surface area contributed by atoms with Crippen molar-refractivity contribution >= 4 is 16.0 Å². The number of carbonyl (C=O) groups is 1. The van der Waals surface area contributed by atoms with Gasteiger partial charge >= 0.3 is 10.1 Å². The van der Waals surface area contributed by atoms with Gasteiger partial charge in [0.1, 0.15) is 12.0 Å². The van der Waals surface area contributed by atoms with E-state index >= 15 is 0 Å². The minimum Gasteiger partial charge on any atom is -0.379 e. The van der Waals surface area contributed by atoms with Crippen LogP contribution in [0.1, 0.15) is 42.9 Å². The first-order valence-corrected chi connectivity index (χ1v) is 16.1. The van der Waals surface area contributed by atoms with Gasteiger partial charge in [0.15, 0.2) is 0 Å². The van der Waals surface area contributed by atoms with Crippen LogP contribution in [0.4, 0.5) is 0 Å². The fraction of sp³-hybridized carbons (Fsp3) is 0.424. The predicted octanol–water partition coefficient (Wildman–Crippen LogP) is 2.86. The first kappa shape index (κ1) is 30.4. The van der Waals surface area contributed by atoms with Crippen molar-refractivity contribution in [2.75, 3.05) is 33.4 Å². The quantitative estimate of drug-likeness (QED) is 0.332. The third-order valence-electron chi connectivity index (χ3n) is 9.35. The van der Waals surface area contributed by atoms with Crippen molar-refractivity contribution in [3.63, 3.8) is 0 Å². The third kappa shape index (κ3) is 5.52. The van der Waals surface area contributed by atoms with Crippen LogP contribution >= 0.6 is 0 Å². The van der Waals surface area contributed by atoms with Crippen molar-refractivity contribution < 1.29 is 27.0 Å². The van der Waals surface area contributed by atoms with Crippen molar-refractivity contribution in [3.8, 4) is 0 Å². The molecule has 42 heavy (non-hydrogen) atoms. The number of carbonyl (C=O) groups excluding carboxylic acids is 1. The molecule has 0 aromatic heterocycles. The minimum atomic E-state index is -4.06. The second-order valence-corrected chi connectivity index (χ2v) is 13.2. The second-order valence-electron chi connectivity index (χ2n) is 11.7. The summed E-state index contributed by atoms with van der Waals surface area (Å²) in [4.78, 5) is 16.9. The standard InChI is InChI=1S/C33H41N3O5S/c1-25-14-18-30(19-15-25)42(38,39)41-32(2)35(22-23-40-3)20-21-36(32)29-17-16-28(24-29)33(31(34)37,26-10-6-4-7-11-26)27-12-8-5-9-13-27/h4-15,18-19,28-29H,16-17,20-24H2,1-3H3,(H2,34,37)/p+1. The molecule has 3 aromatic carbocycles. The number of primary amides is 1. The zero-order chi connectivity index (χ0) is 30.0. The molecule has 1 saturated carbocycles. The van der Waals surface area contributed by atoms with Crippen LogP contribution in [0, 0.1) is 12.8 Å². The van der Waals surface area contributed by atoms with Gasteiger partial charge in [-0.2, -0.15) is 12.6 Å². The van der Waals surface area contributed by atoms with Gasteiger partial charge in [-0.25, -0.2) is 4.90 Å². The van der Waals surface area contributed by atoms with Gasteiger partial charge in [0.05, 0.1) is 24.6 Å². The number of rotatable bonds is 11. The molecule has 4 unspecified atom stereocenters. The molecular weight excluding hydrogens is 550 g/mol. The molecule has 0 bridgehead atoms. The highest BCUT2D eigenvalue weighted by molar-refractivity contribution is 7.86. The number of quaternary nitrogens is 1. The fourth-order valence-electron chi connectivity index (χ4n) is 7.25. The zero-order valence-electron chi connectivity index (χ0n) is 24.7. The zero-order valence-corrected chi connectivity index (χ0v) is 25.5. The molecule has 1 heterocycles. The van der Waals surface area contributed by atoms with Crippen LogP contribution in [0.3, 0.4) is 0 Å². The monoisotopic (exact) mass is 592 g/mol. The number of nitrogens with one attached hydrogen (secondary N) is 1. The van der Waals surface area contributed by atoms with E-state index in [-0.39, 0.29) is 22.8 Å². The van der Waals surface area contributed by atoms with Crippen molar-refractivity contribution in [2.24, 2.45) is 11.7 Å². The van der Waals surface area contributed by atoms with E-state index < -0.39 is 21.4 Å². The molecule has 0 spiro atoms. The molecule has 4 atom stereocenters. The van der Waals surface area contributed by atoms with Crippen molar-refractivity contribution in [2.45, 2.75) is 55.3 Å². The maximum absolute atomic E-state index is 13.6. The first-order valence-electron chi connectivity index (χ1n) is 14.7. The number of nitrogens with zero attached hydrogens (tertiary/aromatic N) is 1. The van der Waals surface area contributed by atoms with E-state index in [2.05, 4.69) is 4.90 Å². The maximum Gasteiger partial charge on any atom is 0.303 e. The van der Waals surface area contributed by atoms with Gasteiger partial charge in [-0.3, -0.25) is 9.69 Å². The molecule has 3 aromatic rings. The average molecular weight is 593 g/mol. The summed E-state index contributed by atoms with van der Waals surface area (Å²) in [7, 11) is -2.41. The highest BCUT2D eigenvalue weighted by atomic mass is 32.2. The van der Waals surface area contributed by atoms with Crippen molar-refractivity contribution in [1.82, 2.24) is 4.90 Å². The lowest BCUT2D eigenvalue weighted by Crippen LogP contribution is -3.19. The Labute approximate surface area is 249 Å². The lowest BCUT2D eigenvalue weighted by molar-refractivity contribution is -0.967. The summed E-state index contributed by atoms with van der Waals surface area (Å²) in [5, 5.41) is 0. The van der Waals surface area contributed by atoms with Gasteiger partial charge in [-0.15, -0.1) is 0 Å². The van der Waals surface area contributed by atoms with Crippen LogP contribution in [0.15, 0.2) is 89.8 Å². The number of aryl methyl sites for hydroxylation is 1. The number of hydrogen-bond acceptors (Lipinski definition) is 6. The van der Waals surface area contributed by atoms with Crippen LogP contribution in [0.5, 0.6) is 0 Å². The van der Waals surface area contributed by atoms with Gasteiger partial charge in [-0.05, 0) is 55.4 Å². The van der Waals surface area contributed by atoms with Gasteiger partial charge in [0.25, 0.3) is 5.85 Å². The Morgan fingerprint density at radius 3 is 2.14 bits per heavy atom. The maximum atomic E-state index is 13.6. The molecule has 1 aliphatic carbocycles. The Morgan fingerprint density at radius 2 is 1.60 bits per heavy atom. The number of nitrogens with two attached hydrogens (primary N) is 1. The van der Waals surface area contributed by atoms with Crippen LogP contribution in [0.25, 0.3) is 0 Å². The van der Waals surface area contributed by atoms with Gasteiger partial charge in [0, 0.05) is 20.1 Å². The summed E-state index contributed by atoms with van der Waals surface area (Å²) >= 11 is 0. The molecule has 1 amide bonds. The van der Waals surface area contributed by atoms with E-state index in [1.165, 1.54) is 0 Å². The van der Waals surface area contributed by atoms with E-state index in [9.17, 15) is 13.2 Å². The summed E-state index contributed by atoms with van der Waals surface area (Å²) < 4.78 is 38.8. The topological polar surface area (TPSA) is 103 Å². The van der Waals surface area contributed by atoms with Crippen LogP contribution < -0.4 is 10.6 Å². The van der Waals surface area contributed by atoms with Crippen LogP contribution in [0.2, 0.25) is 0 Å². The molecule has 224 valence electrons. The molecule has 0 radical (unpaired) electrons. The lowest BCUT2D eigenvalue weighted by Gasteiger charge is -2.40. The second kappa shape index (κ2) is 12.3. The molecule has 2 fully saturated rings. The largest absolute Gasteiger partial charge is 0.379 e. The number of amides is 1. The molecule has 5 rings (SSSR count). The highest BCUT2D eigenvalue weighted by Crippen LogP contribution is 2.48. The SMILES string of the molecule is COCC[NH+]1CCN(C2CCC(C(C(N)=O)(c3ccccc3)c3ccccc3)C2)C1(C)OS(=O)(=O)c1ccc(C)cc1. The van der Waals surface area contributed by atoms with Gasteiger partial charge in [-0.1, -0.05) is 78.4 Å². The summed E-state index contributed by atoms with van der Waals surface area (Å²) in [6.45, 7) is 6.25. The first-order chi connectivity index (χ1) is 20.1. The summed E-state index contributed by atoms with van der Waals surface area (Å²) in [5.41, 5.74) is 8.05. The minimum absolute atomic E-state index is 0.000544. The smallest absolute Gasteiger partial charge is 0.303 e. The van der Waals surface area contributed by atoms with Crippen molar-refractivity contribution in [3.05, 3.63) is 102 Å². The number of hydrogen-bond donors (Lipinski definition) is 2. The number of methoxy groups -OCH3 is 1. The summed E-state index contributed by atoms with van der Waals surface area (Å²) in [6, 6.07) is 26.3. The fourth-order valence-corrected chi connectivity index (χ4v) is 8.46. The Balaban J connectivity index is 1.50. The van der Waals surface area contributed by atoms with E-state index in [1.54, 1.807) is 31.4 Å². The molecule has 1 saturated heterocycles. The molecule has 2 aliphatic rings. The molecule has 8 nitrogen and oxygen atoms in total. The van der Waals surface area contributed by atoms with Crippen LogP contribution in [-0.2, 0) is 29.2 Å². The van der Waals surface area contributed by atoms with Gasteiger partial charge in [0.2, 0.25) is 5.91 Å². The van der Waals surface area contributed by atoms with E-state index in [0.717, 1.165) is 34.4 Å². The molecule has 9 heteroatoms. The Kier molecular flexibility index (Phi) is 8.87. The Morgan fingerprint density at radius 1 is 1.00 bits per heavy atom. The highest BCUT2D eigenvalue weighted by Gasteiger charge is 2.58. The normalized spacial score (nSPS) is 25.1. The average Bonchev–Trinajstić information content (AvgIpc) is 3.57. The number of ether oxygens (including phenoxy) is 1. The molecule has 3 N–H and O–H groups in total.